The minimum absolute atomic E-state index is 0.0120. The average Bonchev–Trinajstić information content (AvgIpc) is 2.50. The minimum Gasteiger partial charge on any atom is -0.468 e. The van der Waals surface area contributed by atoms with Crippen molar-refractivity contribution >= 4 is 23.3 Å². The van der Waals surface area contributed by atoms with E-state index in [4.69, 9.17) is 4.74 Å². The van der Waals surface area contributed by atoms with Crippen LogP contribution in [0.5, 0.6) is 0 Å². The lowest BCUT2D eigenvalue weighted by atomic mass is 9.77. The smallest absolute Gasteiger partial charge is 0.315 e. The Labute approximate surface area is 123 Å². The molecule has 5 nitrogen and oxygen atoms in total. The molecule has 5 heteroatoms. The number of ether oxygens (including phenoxy) is 1. The van der Waals surface area contributed by atoms with Gasteiger partial charge in [-0.1, -0.05) is 24.3 Å². The molecule has 110 valence electrons. The maximum Gasteiger partial charge on any atom is 0.315 e. The Kier molecular flexibility index (Phi) is 4.21. The highest BCUT2D eigenvalue weighted by Crippen LogP contribution is 2.33. The summed E-state index contributed by atoms with van der Waals surface area (Å²) in [7, 11) is 1.29. The fourth-order valence-corrected chi connectivity index (χ4v) is 2.29. The fourth-order valence-electron chi connectivity index (χ4n) is 2.29. The molecule has 21 heavy (non-hydrogen) atoms. The molecule has 2 rings (SSSR count). The molecule has 0 heterocycles. The second kappa shape index (κ2) is 5.91. The predicted octanol–water partition coefficient (Wildman–Crippen LogP) is 2.09. The number of hydrogen-bond donors (Lipinski definition) is 1. The van der Waals surface area contributed by atoms with E-state index < -0.39 is 17.3 Å². The van der Waals surface area contributed by atoms with Crippen LogP contribution >= 0.6 is 0 Å². The highest BCUT2D eigenvalue weighted by molar-refractivity contribution is 6.24. The highest BCUT2D eigenvalue weighted by Gasteiger charge is 2.39. The van der Waals surface area contributed by atoms with Crippen molar-refractivity contribution in [3.05, 3.63) is 42.0 Å². The number of methoxy groups -OCH3 is 1. The normalized spacial score (nSPS) is 21.4. The SMILES string of the molecule is COC(=O)C1(C)C=C(C(=O)Nc2ccccc2)C(=O)CC1. The zero-order chi connectivity index (χ0) is 15.5. The number of hydrogen-bond acceptors (Lipinski definition) is 4. The second-order valence-electron chi connectivity index (χ2n) is 5.21. The Morgan fingerprint density at radius 3 is 2.52 bits per heavy atom. The summed E-state index contributed by atoms with van der Waals surface area (Å²) in [5, 5.41) is 2.66. The van der Waals surface area contributed by atoms with Crippen molar-refractivity contribution < 1.29 is 19.1 Å². The Bertz CT molecular complexity index is 606. The standard InChI is InChI=1S/C16H17NO4/c1-16(15(20)21-2)9-8-13(18)12(10-16)14(19)17-11-6-4-3-5-7-11/h3-7,10H,8-9H2,1-2H3,(H,17,19). The molecule has 1 aromatic carbocycles. The van der Waals surface area contributed by atoms with Crippen LogP contribution in [0.4, 0.5) is 5.69 Å². The quantitative estimate of drug-likeness (QED) is 0.682. The van der Waals surface area contributed by atoms with Crippen molar-refractivity contribution in [2.24, 2.45) is 5.41 Å². The molecule has 1 amide bonds. The van der Waals surface area contributed by atoms with E-state index in [-0.39, 0.29) is 17.8 Å². The van der Waals surface area contributed by atoms with Gasteiger partial charge in [-0.25, -0.2) is 0 Å². The predicted molar refractivity (Wildman–Crippen MR) is 77.5 cm³/mol. The van der Waals surface area contributed by atoms with Gasteiger partial charge >= 0.3 is 5.97 Å². The van der Waals surface area contributed by atoms with E-state index in [1.54, 1.807) is 31.2 Å². The number of ketones is 1. The molecule has 1 unspecified atom stereocenters. The van der Waals surface area contributed by atoms with Crippen LogP contribution < -0.4 is 5.32 Å². The summed E-state index contributed by atoms with van der Waals surface area (Å²) in [4.78, 5) is 36.0. The molecule has 0 spiro atoms. The molecule has 0 bridgehead atoms. The molecule has 1 aliphatic rings. The number of Topliss-reactive ketones (excluding diaryl/α,β-unsaturated/α-hetero) is 1. The summed E-state index contributed by atoms with van der Waals surface area (Å²) in [6, 6.07) is 8.85. The van der Waals surface area contributed by atoms with E-state index in [0.29, 0.717) is 12.1 Å². The molecular formula is C16H17NO4. The lowest BCUT2D eigenvalue weighted by molar-refractivity contribution is -0.149. The van der Waals surface area contributed by atoms with Crippen LogP contribution in [0.2, 0.25) is 0 Å². The topological polar surface area (TPSA) is 72.5 Å². The van der Waals surface area contributed by atoms with Gasteiger partial charge in [-0.05, 0) is 25.5 Å². The second-order valence-corrected chi connectivity index (χ2v) is 5.21. The van der Waals surface area contributed by atoms with Gasteiger partial charge in [-0.3, -0.25) is 14.4 Å². The van der Waals surface area contributed by atoms with E-state index in [1.165, 1.54) is 13.2 Å². The number of esters is 1. The van der Waals surface area contributed by atoms with Gasteiger partial charge in [0.1, 0.15) is 0 Å². The third-order valence-corrected chi connectivity index (χ3v) is 3.56. The largest absolute Gasteiger partial charge is 0.468 e. The third kappa shape index (κ3) is 3.18. The highest BCUT2D eigenvalue weighted by atomic mass is 16.5. The van der Waals surface area contributed by atoms with Crippen molar-refractivity contribution in [2.75, 3.05) is 12.4 Å². The van der Waals surface area contributed by atoms with Gasteiger partial charge in [-0.15, -0.1) is 0 Å². The summed E-state index contributed by atoms with van der Waals surface area (Å²) in [6.45, 7) is 1.67. The zero-order valence-corrected chi connectivity index (χ0v) is 12.0. The first-order valence-corrected chi connectivity index (χ1v) is 6.67. The third-order valence-electron chi connectivity index (χ3n) is 3.56. The van der Waals surface area contributed by atoms with Crippen molar-refractivity contribution in [1.82, 2.24) is 0 Å². The molecule has 1 aliphatic carbocycles. The summed E-state index contributed by atoms with van der Waals surface area (Å²) < 4.78 is 4.75. The lowest BCUT2D eigenvalue weighted by Gasteiger charge is -2.27. The zero-order valence-electron chi connectivity index (χ0n) is 12.0. The van der Waals surface area contributed by atoms with E-state index in [9.17, 15) is 14.4 Å². The summed E-state index contributed by atoms with van der Waals surface area (Å²) in [6.07, 6.45) is 1.92. The van der Waals surface area contributed by atoms with E-state index in [0.717, 1.165) is 0 Å². The number of anilines is 1. The minimum atomic E-state index is -0.938. The molecular weight excluding hydrogens is 270 g/mol. The van der Waals surface area contributed by atoms with Gasteiger partial charge in [0, 0.05) is 12.1 Å². The van der Waals surface area contributed by atoms with Gasteiger partial charge in [0.15, 0.2) is 5.78 Å². The lowest BCUT2D eigenvalue weighted by Crippen LogP contribution is -2.35. The number of benzene rings is 1. The molecule has 1 aromatic rings. The molecule has 0 saturated carbocycles. The van der Waals surface area contributed by atoms with Crippen LogP contribution in [-0.2, 0) is 19.1 Å². The number of rotatable bonds is 3. The molecule has 0 aliphatic heterocycles. The first kappa shape index (κ1) is 15.0. The molecule has 0 radical (unpaired) electrons. The summed E-state index contributed by atoms with van der Waals surface area (Å²) in [5.74, 6) is -1.20. The first-order chi connectivity index (χ1) is 9.96. The van der Waals surface area contributed by atoms with Gasteiger partial charge in [0.25, 0.3) is 5.91 Å². The number of carbonyl (C=O) groups is 3. The number of amides is 1. The number of nitrogens with one attached hydrogen (secondary N) is 1. The first-order valence-electron chi connectivity index (χ1n) is 6.67. The van der Waals surface area contributed by atoms with Crippen LogP contribution in [0.3, 0.4) is 0 Å². The van der Waals surface area contributed by atoms with Gasteiger partial charge in [0.2, 0.25) is 0 Å². The molecule has 1 N–H and O–H groups in total. The maximum atomic E-state index is 12.2. The van der Waals surface area contributed by atoms with Crippen LogP contribution in [0.1, 0.15) is 19.8 Å². The monoisotopic (exact) mass is 287 g/mol. The molecule has 0 aromatic heterocycles. The van der Waals surface area contributed by atoms with Gasteiger partial charge in [-0.2, -0.15) is 0 Å². The Hall–Kier alpha value is -2.43. The van der Waals surface area contributed by atoms with Crippen molar-refractivity contribution in [1.29, 1.82) is 0 Å². The fraction of sp³-hybridized carbons (Fsp3) is 0.312. The van der Waals surface area contributed by atoms with Crippen LogP contribution in [0.25, 0.3) is 0 Å². The van der Waals surface area contributed by atoms with E-state index in [1.807, 2.05) is 6.07 Å². The van der Waals surface area contributed by atoms with Crippen LogP contribution in [0, 0.1) is 5.41 Å². The van der Waals surface area contributed by atoms with Gasteiger partial charge in [0.05, 0.1) is 18.1 Å². The number of para-hydroxylation sites is 1. The maximum absolute atomic E-state index is 12.2. The van der Waals surface area contributed by atoms with Crippen molar-refractivity contribution in [3.8, 4) is 0 Å². The molecule has 0 fully saturated rings. The Balaban J connectivity index is 2.25. The van der Waals surface area contributed by atoms with Crippen LogP contribution in [-0.4, -0.2) is 24.8 Å². The van der Waals surface area contributed by atoms with Crippen LogP contribution in [0.15, 0.2) is 42.0 Å². The van der Waals surface area contributed by atoms with Gasteiger partial charge < -0.3 is 10.1 Å². The summed E-state index contributed by atoms with van der Waals surface area (Å²) in [5.41, 5.74) is -0.328. The summed E-state index contributed by atoms with van der Waals surface area (Å²) >= 11 is 0. The van der Waals surface area contributed by atoms with Crippen molar-refractivity contribution in [3.63, 3.8) is 0 Å². The molecule has 0 saturated heterocycles. The Morgan fingerprint density at radius 2 is 1.90 bits per heavy atom. The Morgan fingerprint density at radius 1 is 1.24 bits per heavy atom. The van der Waals surface area contributed by atoms with E-state index in [2.05, 4.69) is 5.32 Å². The van der Waals surface area contributed by atoms with E-state index >= 15 is 0 Å². The number of carbonyl (C=O) groups excluding carboxylic acids is 3. The average molecular weight is 287 g/mol. The molecule has 1 atom stereocenters. The van der Waals surface area contributed by atoms with Crippen molar-refractivity contribution in [2.45, 2.75) is 19.8 Å².